The van der Waals surface area contributed by atoms with E-state index < -0.39 is 10.0 Å². The van der Waals surface area contributed by atoms with Crippen LogP contribution in [0.5, 0.6) is 0 Å². The van der Waals surface area contributed by atoms with E-state index in [1.165, 1.54) is 18.5 Å². The molecule has 0 bridgehead atoms. The Hall–Kier alpha value is -2.12. The molecule has 6 nitrogen and oxygen atoms in total. The molecule has 0 aliphatic rings. The average molecular weight is 378 g/mol. The number of hydrogen-bond acceptors (Lipinski definition) is 4. The third kappa shape index (κ3) is 4.53. The Bertz CT molecular complexity index is 854. The molecule has 1 heterocycles. The Morgan fingerprint density at radius 1 is 1.19 bits per heavy atom. The maximum atomic E-state index is 12.7. The standard InChI is InChI=1S/C19H27N3O3S/c1-14(2)18(20)10-11-21(4)19(23)16-9-12-22(13-16)26(24,25)17-7-5-15(3)6-8-17/h5-9,12-14,18H,10-11,20H2,1-4H3. The summed E-state index contributed by atoms with van der Waals surface area (Å²) in [4.78, 5) is 14.3. The van der Waals surface area contributed by atoms with Gasteiger partial charge in [-0.15, -0.1) is 0 Å². The Labute approximate surface area is 155 Å². The lowest BCUT2D eigenvalue weighted by atomic mass is 10.0. The zero-order valence-electron chi connectivity index (χ0n) is 15.7. The van der Waals surface area contributed by atoms with Gasteiger partial charge in [-0.1, -0.05) is 31.5 Å². The first-order chi connectivity index (χ1) is 12.1. The van der Waals surface area contributed by atoms with Crippen molar-refractivity contribution in [1.82, 2.24) is 8.87 Å². The van der Waals surface area contributed by atoms with Gasteiger partial charge in [-0.3, -0.25) is 4.79 Å². The van der Waals surface area contributed by atoms with Crippen LogP contribution in [0, 0.1) is 12.8 Å². The van der Waals surface area contributed by atoms with E-state index in [-0.39, 0.29) is 16.8 Å². The van der Waals surface area contributed by atoms with Crippen LogP contribution in [0.2, 0.25) is 0 Å². The van der Waals surface area contributed by atoms with E-state index in [0.29, 0.717) is 24.4 Å². The Kier molecular flexibility index (Phi) is 6.26. The van der Waals surface area contributed by atoms with Gasteiger partial charge in [0, 0.05) is 32.0 Å². The van der Waals surface area contributed by atoms with Crippen LogP contribution in [-0.2, 0) is 10.0 Å². The lowest BCUT2D eigenvalue weighted by Gasteiger charge is -2.21. The van der Waals surface area contributed by atoms with Crippen molar-refractivity contribution >= 4 is 15.9 Å². The third-order valence-electron chi connectivity index (χ3n) is 4.51. The molecule has 7 heteroatoms. The number of aromatic nitrogens is 1. The van der Waals surface area contributed by atoms with Crippen LogP contribution in [0.3, 0.4) is 0 Å². The molecule has 0 fully saturated rings. The average Bonchev–Trinajstić information content (AvgIpc) is 3.09. The van der Waals surface area contributed by atoms with Gasteiger partial charge >= 0.3 is 0 Å². The number of hydrogen-bond donors (Lipinski definition) is 1. The number of carbonyl (C=O) groups is 1. The van der Waals surface area contributed by atoms with Gasteiger partial charge < -0.3 is 10.6 Å². The van der Waals surface area contributed by atoms with E-state index in [0.717, 1.165) is 9.54 Å². The molecule has 26 heavy (non-hydrogen) atoms. The molecule has 2 N–H and O–H groups in total. The van der Waals surface area contributed by atoms with Crippen molar-refractivity contribution in [3.05, 3.63) is 53.9 Å². The molecule has 0 aliphatic heterocycles. The van der Waals surface area contributed by atoms with Crippen LogP contribution in [0.25, 0.3) is 0 Å². The predicted octanol–water partition coefficient (Wildman–Crippen LogP) is 2.48. The number of aryl methyl sites for hydroxylation is 1. The van der Waals surface area contributed by atoms with Crippen LogP contribution in [0.1, 0.15) is 36.2 Å². The minimum atomic E-state index is -3.71. The Morgan fingerprint density at radius 2 is 1.81 bits per heavy atom. The summed E-state index contributed by atoms with van der Waals surface area (Å²) in [5, 5.41) is 0. The second-order valence-corrected chi connectivity index (χ2v) is 8.81. The van der Waals surface area contributed by atoms with Crippen molar-refractivity contribution < 1.29 is 13.2 Å². The fourth-order valence-corrected chi connectivity index (χ4v) is 3.68. The maximum Gasteiger partial charge on any atom is 0.267 e. The third-order valence-corrected chi connectivity index (χ3v) is 6.16. The molecule has 2 aromatic rings. The molecule has 0 spiro atoms. The zero-order chi connectivity index (χ0) is 19.5. The number of rotatable bonds is 7. The first-order valence-corrected chi connectivity index (χ1v) is 10.1. The van der Waals surface area contributed by atoms with Gasteiger partial charge in [0.2, 0.25) is 0 Å². The summed E-state index contributed by atoms with van der Waals surface area (Å²) in [7, 11) is -2.01. The smallest absolute Gasteiger partial charge is 0.267 e. The van der Waals surface area contributed by atoms with E-state index in [2.05, 4.69) is 0 Å². The van der Waals surface area contributed by atoms with Gasteiger partial charge in [0.05, 0.1) is 10.5 Å². The molecule has 0 aliphatic carbocycles. The van der Waals surface area contributed by atoms with E-state index in [4.69, 9.17) is 5.73 Å². The Balaban J connectivity index is 2.13. The normalized spacial score (nSPS) is 13.0. The van der Waals surface area contributed by atoms with Crippen LogP contribution >= 0.6 is 0 Å². The van der Waals surface area contributed by atoms with Gasteiger partial charge in [0.1, 0.15) is 0 Å². The molecule has 1 unspecified atom stereocenters. The number of benzene rings is 1. The van der Waals surface area contributed by atoms with Gasteiger partial charge in [0.15, 0.2) is 0 Å². The van der Waals surface area contributed by atoms with Crippen molar-refractivity contribution in [2.24, 2.45) is 11.7 Å². The monoisotopic (exact) mass is 377 g/mol. The molecule has 1 atom stereocenters. The van der Waals surface area contributed by atoms with Crippen LogP contribution in [-0.4, -0.2) is 42.8 Å². The maximum absolute atomic E-state index is 12.7. The number of carbonyl (C=O) groups excluding carboxylic acids is 1. The highest BCUT2D eigenvalue weighted by atomic mass is 32.2. The van der Waals surface area contributed by atoms with Crippen LogP contribution < -0.4 is 5.73 Å². The van der Waals surface area contributed by atoms with Crippen molar-refractivity contribution in [3.8, 4) is 0 Å². The summed E-state index contributed by atoms with van der Waals surface area (Å²) in [6, 6.07) is 8.16. The molecule has 0 saturated heterocycles. The van der Waals surface area contributed by atoms with E-state index in [1.54, 1.807) is 36.2 Å². The van der Waals surface area contributed by atoms with E-state index in [9.17, 15) is 13.2 Å². The summed E-state index contributed by atoms with van der Waals surface area (Å²) >= 11 is 0. The highest BCUT2D eigenvalue weighted by molar-refractivity contribution is 7.90. The highest BCUT2D eigenvalue weighted by Gasteiger charge is 2.20. The minimum absolute atomic E-state index is 0.0248. The van der Waals surface area contributed by atoms with Crippen molar-refractivity contribution in [3.63, 3.8) is 0 Å². The summed E-state index contributed by atoms with van der Waals surface area (Å²) < 4.78 is 26.4. The van der Waals surface area contributed by atoms with Crippen LogP contribution in [0.4, 0.5) is 0 Å². The lowest BCUT2D eigenvalue weighted by Crippen LogP contribution is -2.34. The fourth-order valence-electron chi connectivity index (χ4n) is 2.48. The molecule has 1 amide bonds. The molecule has 142 valence electrons. The van der Waals surface area contributed by atoms with Crippen molar-refractivity contribution in [2.75, 3.05) is 13.6 Å². The zero-order valence-corrected chi connectivity index (χ0v) is 16.5. The predicted molar refractivity (Wildman–Crippen MR) is 103 cm³/mol. The van der Waals surface area contributed by atoms with E-state index in [1.807, 2.05) is 20.8 Å². The number of amides is 1. The number of nitrogens with zero attached hydrogens (tertiary/aromatic N) is 2. The molecule has 1 aromatic heterocycles. The minimum Gasteiger partial charge on any atom is -0.342 e. The van der Waals surface area contributed by atoms with Crippen LogP contribution in [0.15, 0.2) is 47.6 Å². The molecule has 0 radical (unpaired) electrons. The summed E-state index contributed by atoms with van der Waals surface area (Å²) in [6.07, 6.45) is 3.45. The first-order valence-electron chi connectivity index (χ1n) is 8.64. The Morgan fingerprint density at radius 3 is 2.38 bits per heavy atom. The SMILES string of the molecule is Cc1ccc(S(=O)(=O)n2ccc(C(=O)N(C)CCC(N)C(C)C)c2)cc1. The molecular formula is C19H27N3O3S. The second kappa shape index (κ2) is 8.05. The molecule has 2 rings (SSSR count). The van der Waals surface area contributed by atoms with Gasteiger partial charge in [-0.2, -0.15) is 0 Å². The summed E-state index contributed by atoms with van der Waals surface area (Å²) in [5.74, 6) is 0.123. The molecule has 0 saturated carbocycles. The first kappa shape index (κ1) is 20.2. The molecule has 1 aromatic carbocycles. The topological polar surface area (TPSA) is 85.4 Å². The largest absolute Gasteiger partial charge is 0.342 e. The fraction of sp³-hybridized carbons (Fsp3) is 0.421. The van der Waals surface area contributed by atoms with Crippen molar-refractivity contribution in [1.29, 1.82) is 0 Å². The van der Waals surface area contributed by atoms with Gasteiger partial charge in [-0.05, 0) is 37.5 Å². The summed E-state index contributed by atoms with van der Waals surface area (Å²) in [5.41, 5.74) is 7.33. The van der Waals surface area contributed by atoms with Gasteiger partial charge in [-0.25, -0.2) is 12.4 Å². The number of nitrogens with two attached hydrogens (primary N) is 1. The highest BCUT2D eigenvalue weighted by Crippen LogP contribution is 2.17. The summed E-state index contributed by atoms with van der Waals surface area (Å²) in [6.45, 7) is 6.50. The molecular weight excluding hydrogens is 350 g/mol. The van der Waals surface area contributed by atoms with Gasteiger partial charge in [0.25, 0.3) is 15.9 Å². The van der Waals surface area contributed by atoms with Crippen molar-refractivity contribution in [2.45, 2.75) is 38.1 Å². The lowest BCUT2D eigenvalue weighted by molar-refractivity contribution is 0.0789. The second-order valence-electron chi connectivity index (χ2n) is 6.97. The quantitative estimate of drug-likeness (QED) is 0.803. The van der Waals surface area contributed by atoms with E-state index >= 15 is 0 Å².